The molecule has 0 radical (unpaired) electrons. The summed E-state index contributed by atoms with van der Waals surface area (Å²) >= 11 is 5.72. The maximum absolute atomic E-state index is 12.2. The van der Waals surface area contributed by atoms with Crippen LogP contribution in [0.2, 0.25) is 5.15 Å². The van der Waals surface area contributed by atoms with Gasteiger partial charge in [0.1, 0.15) is 16.5 Å². The summed E-state index contributed by atoms with van der Waals surface area (Å²) in [6.45, 7) is 1.63. The molecule has 1 heterocycles. The van der Waals surface area contributed by atoms with E-state index >= 15 is 0 Å². The molecule has 0 atom stereocenters. The monoisotopic (exact) mass is 291 g/mol. The lowest BCUT2D eigenvalue weighted by molar-refractivity contribution is -0.385. The van der Waals surface area contributed by atoms with Gasteiger partial charge in [0, 0.05) is 6.07 Å². The number of amides is 1. The molecule has 2 aromatic rings. The van der Waals surface area contributed by atoms with Crippen LogP contribution in [-0.2, 0) is 0 Å². The number of nitro benzene ring substituents is 1. The number of carbonyl (C=O) groups is 1. The lowest BCUT2D eigenvalue weighted by atomic mass is 10.1. The average molecular weight is 292 g/mol. The predicted octanol–water partition coefficient (Wildman–Crippen LogP) is 3.20. The summed E-state index contributed by atoms with van der Waals surface area (Å²) in [5.74, 6) is -0.357. The Morgan fingerprint density at radius 1 is 1.30 bits per heavy atom. The molecule has 0 unspecified atom stereocenters. The third kappa shape index (κ3) is 2.92. The van der Waals surface area contributed by atoms with Crippen molar-refractivity contribution in [3.8, 4) is 0 Å². The van der Waals surface area contributed by atoms with Crippen LogP contribution in [0.5, 0.6) is 0 Å². The van der Waals surface area contributed by atoms with Crippen LogP contribution in [0.15, 0.2) is 36.4 Å². The minimum atomic E-state index is -0.593. The van der Waals surface area contributed by atoms with Crippen molar-refractivity contribution in [2.24, 2.45) is 0 Å². The highest BCUT2D eigenvalue weighted by molar-refractivity contribution is 6.29. The van der Waals surface area contributed by atoms with E-state index in [0.717, 1.165) is 0 Å². The lowest BCUT2D eigenvalue weighted by Gasteiger charge is -2.07. The van der Waals surface area contributed by atoms with Crippen LogP contribution < -0.4 is 5.32 Å². The number of halogens is 1. The number of nitrogens with one attached hydrogen (secondary N) is 1. The smallest absolute Gasteiger partial charge is 0.282 e. The Hall–Kier alpha value is -2.47. The summed E-state index contributed by atoms with van der Waals surface area (Å²) in [6, 6.07) is 9.18. The molecular formula is C13H10ClN3O3. The highest BCUT2D eigenvalue weighted by atomic mass is 35.5. The summed E-state index contributed by atoms with van der Waals surface area (Å²) in [5, 5.41) is 13.7. The fraction of sp³-hybridized carbons (Fsp3) is 0.0769. The molecule has 20 heavy (non-hydrogen) atoms. The highest BCUT2D eigenvalue weighted by Gasteiger charge is 2.22. The number of rotatable bonds is 3. The first kappa shape index (κ1) is 14.0. The average Bonchev–Trinajstić information content (AvgIpc) is 2.38. The molecule has 0 bridgehead atoms. The third-order valence-corrected chi connectivity index (χ3v) is 2.84. The summed E-state index contributed by atoms with van der Waals surface area (Å²) in [4.78, 5) is 26.5. The Morgan fingerprint density at radius 2 is 2.00 bits per heavy atom. The number of benzene rings is 1. The lowest BCUT2D eigenvalue weighted by Crippen LogP contribution is -2.16. The number of hydrogen-bond acceptors (Lipinski definition) is 4. The zero-order valence-electron chi connectivity index (χ0n) is 10.5. The first-order chi connectivity index (χ1) is 9.49. The van der Waals surface area contributed by atoms with Gasteiger partial charge in [-0.2, -0.15) is 0 Å². The summed E-state index contributed by atoms with van der Waals surface area (Å²) in [6.07, 6.45) is 0. The molecule has 0 aliphatic rings. The van der Waals surface area contributed by atoms with Gasteiger partial charge in [0.2, 0.25) is 0 Å². The van der Waals surface area contributed by atoms with Gasteiger partial charge in [0.25, 0.3) is 11.6 Å². The SMILES string of the molecule is Cc1cccc([N+](=O)[O-])c1C(=O)Nc1cccc(Cl)n1. The molecule has 2 rings (SSSR count). The van der Waals surface area contributed by atoms with Gasteiger partial charge in [-0.3, -0.25) is 14.9 Å². The molecule has 1 aromatic heterocycles. The van der Waals surface area contributed by atoms with E-state index < -0.39 is 10.8 Å². The van der Waals surface area contributed by atoms with E-state index in [9.17, 15) is 14.9 Å². The van der Waals surface area contributed by atoms with Crippen LogP contribution in [0.4, 0.5) is 11.5 Å². The molecule has 1 N–H and O–H groups in total. The molecule has 7 heteroatoms. The number of aromatic nitrogens is 1. The molecule has 0 saturated heterocycles. The molecule has 0 spiro atoms. The number of pyridine rings is 1. The normalized spacial score (nSPS) is 10.1. The minimum absolute atomic E-state index is 0.0132. The molecule has 0 aliphatic carbocycles. The van der Waals surface area contributed by atoms with E-state index in [-0.39, 0.29) is 22.2 Å². The zero-order chi connectivity index (χ0) is 14.7. The summed E-state index contributed by atoms with van der Waals surface area (Å²) in [5.41, 5.74) is 0.280. The summed E-state index contributed by atoms with van der Waals surface area (Å²) < 4.78 is 0. The van der Waals surface area contributed by atoms with Crippen LogP contribution in [0.1, 0.15) is 15.9 Å². The Labute approximate surface area is 119 Å². The molecule has 6 nitrogen and oxygen atoms in total. The van der Waals surface area contributed by atoms with E-state index in [4.69, 9.17) is 11.6 Å². The fourth-order valence-electron chi connectivity index (χ4n) is 1.76. The number of aryl methyl sites for hydroxylation is 1. The standard InChI is InChI=1S/C13H10ClN3O3/c1-8-4-2-5-9(17(19)20)12(8)13(18)16-11-7-3-6-10(14)15-11/h2-7H,1H3,(H,15,16,18). The molecule has 1 amide bonds. The van der Waals surface area contributed by atoms with Gasteiger partial charge in [-0.15, -0.1) is 0 Å². The first-order valence-corrected chi connectivity index (χ1v) is 6.05. The van der Waals surface area contributed by atoms with Crippen molar-refractivity contribution in [2.45, 2.75) is 6.92 Å². The number of nitro groups is 1. The first-order valence-electron chi connectivity index (χ1n) is 5.67. The van der Waals surface area contributed by atoms with Crippen molar-refractivity contribution in [3.63, 3.8) is 0 Å². The Balaban J connectivity index is 2.37. The largest absolute Gasteiger partial charge is 0.306 e. The van der Waals surface area contributed by atoms with Crippen molar-refractivity contribution in [2.75, 3.05) is 5.32 Å². The van der Waals surface area contributed by atoms with Gasteiger partial charge < -0.3 is 5.32 Å². The van der Waals surface area contributed by atoms with Crippen molar-refractivity contribution >= 4 is 29.0 Å². The Morgan fingerprint density at radius 3 is 2.65 bits per heavy atom. The van der Waals surface area contributed by atoms with Gasteiger partial charge >= 0.3 is 0 Å². The van der Waals surface area contributed by atoms with Crippen LogP contribution in [-0.4, -0.2) is 15.8 Å². The van der Waals surface area contributed by atoms with Crippen molar-refractivity contribution < 1.29 is 9.72 Å². The van der Waals surface area contributed by atoms with E-state index in [1.165, 1.54) is 12.1 Å². The topological polar surface area (TPSA) is 85.1 Å². The van der Waals surface area contributed by atoms with Crippen LogP contribution in [0.3, 0.4) is 0 Å². The van der Waals surface area contributed by atoms with E-state index in [0.29, 0.717) is 5.56 Å². The molecule has 102 valence electrons. The molecule has 0 aliphatic heterocycles. The van der Waals surface area contributed by atoms with Crippen molar-refractivity contribution in [3.05, 3.63) is 62.8 Å². The fourth-order valence-corrected chi connectivity index (χ4v) is 1.92. The second kappa shape index (κ2) is 5.66. The van der Waals surface area contributed by atoms with Gasteiger partial charge in [0.15, 0.2) is 0 Å². The molecule has 1 aromatic carbocycles. The van der Waals surface area contributed by atoms with Crippen LogP contribution in [0.25, 0.3) is 0 Å². The quantitative estimate of drug-likeness (QED) is 0.534. The second-order valence-corrected chi connectivity index (χ2v) is 4.41. The molecule has 0 fully saturated rings. The van der Waals surface area contributed by atoms with Crippen LogP contribution >= 0.6 is 11.6 Å². The zero-order valence-corrected chi connectivity index (χ0v) is 11.2. The summed E-state index contributed by atoms with van der Waals surface area (Å²) in [7, 11) is 0. The predicted molar refractivity (Wildman–Crippen MR) is 75.0 cm³/mol. The maximum Gasteiger partial charge on any atom is 0.282 e. The number of hydrogen-bond donors (Lipinski definition) is 1. The maximum atomic E-state index is 12.2. The minimum Gasteiger partial charge on any atom is -0.306 e. The number of nitrogens with zero attached hydrogens (tertiary/aromatic N) is 2. The Bertz CT molecular complexity index is 688. The van der Waals surface area contributed by atoms with E-state index in [2.05, 4.69) is 10.3 Å². The molecular weight excluding hydrogens is 282 g/mol. The third-order valence-electron chi connectivity index (χ3n) is 2.63. The number of carbonyl (C=O) groups excluding carboxylic acids is 1. The van der Waals surface area contributed by atoms with E-state index in [1.54, 1.807) is 31.2 Å². The molecule has 0 saturated carbocycles. The van der Waals surface area contributed by atoms with Crippen LogP contribution in [0, 0.1) is 17.0 Å². The van der Waals surface area contributed by atoms with Crippen molar-refractivity contribution in [1.29, 1.82) is 0 Å². The van der Waals surface area contributed by atoms with Gasteiger partial charge in [0.05, 0.1) is 4.92 Å². The Kier molecular flexibility index (Phi) is 3.95. The van der Waals surface area contributed by atoms with Crippen molar-refractivity contribution in [1.82, 2.24) is 4.98 Å². The van der Waals surface area contributed by atoms with Gasteiger partial charge in [-0.25, -0.2) is 4.98 Å². The highest BCUT2D eigenvalue weighted by Crippen LogP contribution is 2.23. The van der Waals surface area contributed by atoms with E-state index in [1.807, 2.05) is 0 Å². The van der Waals surface area contributed by atoms with Gasteiger partial charge in [-0.1, -0.05) is 29.8 Å². The second-order valence-electron chi connectivity index (χ2n) is 4.03. The number of anilines is 1. The van der Waals surface area contributed by atoms with Gasteiger partial charge in [-0.05, 0) is 24.6 Å².